The summed E-state index contributed by atoms with van der Waals surface area (Å²) in [4.78, 5) is 21.4. The van der Waals surface area contributed by atoms with E-state index in [9.17, 15) is 18.0 Å². The van der Waals surface area contributed by atoms with Gasteiger partial charge in [-0.15, -0.1) is 0 Å². The maximum atomic E-state index is 13.8. The van der Waals surface area contributed by atoms with Gasteiger partial charge >= 0.3 is 6.18 Å². The zero-order valence-electron chi connectivity index (χ0n) is 16.2. The second kappa shape index (κ2) is 7.37. The third-order valence-corrected chi connectivity index (χ3v) is 6.29. The summed E-state index contributed by atoms with van der Waals surface area (Å²) in [6.07, 6.45) is -1.64. The number of halogens is 4. The van der Waals surface area contributed by atoms with Gasteiger partial charge in [0.05, 0.1) is 16.7 Å². The van der Waals surface area contributed by atoms with Gasteiger partial charge in [0.25, 0.3) is 5.91 Å². The van der Waals surface area contributed by atoms with Crippen molar-refractivity contribution >= 4 is 27.5 Å². The lowest BCUT2D eigenvalue weighted by molar-refractivity contribution is -0.142. The molecule has 0 N–H and O–H groups in total. The monoisotopic (exact) mass is 491 g/mol. The van der Waals surface area contributed by atoms with Gasteiger partial charge in [-0.2, -0.15) is 18.3 Å². The van der Waals surface area contributed by atoms with Crippen molar-refractivity contribution in [3.63, 3.8) is 0 Å². The highest BCUT2D eigenvalue weighted by Crippen LogP contribution is 2.35. The number of nitrogens with zero attached hydrogens (tertiary/aromatic N) is 5. The molecule has 2 aliphatic heterocycles. The van der Waals surface area contributed by atoms with Crippen LogP contribution in [0.15, 0.2) is 52.6 Å². The van der Waals surface area contributed by atoms with Gasteiger partial charge in [0.1, 0.15) is 0 Å². The van der Waals surface area contributed by atoms with Crippen molar-refractivity contribution in [3.05, 3.63) is 64.0 Å². The van der Waals surface area contributed by atoms with Crippen molar-refractivity contribution in [1.29, 1.82) is 0 Å². The molecule has 0 spiro atoms. The van der Waals surface area contributed by atoms with Crippen LogP contribution in [0.25, 0.3) is 16.9 Å². The minimum atomic E-state index is -4.67. The summed E-state index contributed by atoms with van der Waals surface area (Å²) in [5, 5.41) is 4.04. The molecule has 0 saturated carbocycles. The standard InChI is InChI=1S/C21H17BrF3N5O/c22-17-18(20(31)29-10-9-28-8-4-7-14(28)12-29)27-30-16(21(23,24)25)11-15(26-19(17)30)13-5-2-1-3-6-13/h1-3,5-7,11H,4,8-10,12H2. The van der Waals surface area contributed by atoms with Gasteiger partial charge < -0.3 is 9.80 Å². The Morgan fingerprint density at radius 1 is 1.10 bits per heavy atom. The van der Waals surface area contributed by atoms with Crippen molar-refractivity contribution in [2.45, 2.75) is 12.6 Å². The number of fused-ring (bicyclic) bond motifs is 2. The molecule has 5 rings (SSSR count). The van der Waals surface area contributed by atoms with E-state index in [0.29, 0.717) is 29.7 Å². The Labute approximate surface area is 184 Å². The number of piperazine rings is 1. The summed E-state index contributed by atoms with van der Waals surface area (Å²) in [5.41, 5.74) is 0.663. The molecule has 6 nitrogen and oxygen atoms in total. The number of alkyl halides is 3. The number of hydrogen-bond acceptors (Lipinski definition) is 4. The van der Waals surface area contributed by atoms with E-state index in [-0.39, 0.29) is 21.5 Å². The third-order valence-electron chi connectivity index (χ3n) is 5.56. The zero-order valence-corrected chi connectivity index (χ0v) is 17.8. The molecule has 1 fully saturated rings. The Kier molecular flexibility index (Phi) is 4.76. The predicted molar refractivity (Wildman–Crippen MR) is 111 cm³/mol. The highest BCUT2D eigenvalue weighted by atomic mass is 79.9. The number of hydrogen-bond donors (Lipinski definition) is 0. The van der Waals surface area contributed by atoms with Crippen LogP contribution in [0, 0.1) is 0 Å². The Morgan fingerprint density at radius 3 is 2.61 bits per heavy atom. The lowest BCUT2D eigenvalue weighted by atomic mass is 10.1. The number of carbonyl (C=O) groups excluding carboxylic acids is 1. The number of carbonyl (C=O) groups is 1. The first-order valence-electron chi connectivity index (χ1n) is 9.78. The summed E-state index contributed by atoms with van der Waals surface area (Å²) in [6, 6.07) is 9.56. The summed E-state index contributed by atoms with van der Waals surface area (Å²) < 4.78 is 42.4. The van der Waals surface area contributed by atoms with Crippen molar-refractivity contribution in [2.75, 3.05) is 26.2 Å². The van der Waals surface area contributed by atoms with E-state index in [0.717, 1.165) is 24.7 Å². The second-order valence-electron chi connectivity index (χ2n) is 7.49. The molecule has 0 aliphatic carbocycles. The molecular weight excluding hydrogens is 475 g/mol. The van der Waals surface area contributed by atoms with Gasteiger partial charge in [-0.1, -0.05) is 36.4 Å². The van der Waals surface area contributed by atoms with Crippen LogP contribution in [0.3, 0.4) is 0 Å². The van der Waals surface area contributed by atoms with Crippen LogP contribution < -0.4 is 0 Å². The average molecular weight is 492 g/mol. The van der Waals surface area contributed by atoms with Crippen LogP contribution in [0.1, 0.15) is 22.6 Å². The maximum Gasteiger partial charge on any atom is 0.433 e. The van der Waals surface area contributed by atoms with Gasteiger partial charge in [-0.05, 0) is 28.4 Å². The first-order valence-corrected chi connectivity index (χ1v) is 10.6. The number of rotatable bonds is 2. The van der Waals surface area contributed by atoms with Crippen LogP contribution >= 0.6 is 15.9 Å². The Hall–Kier alpha value is -2.88. The quantitative estimate of drug-likeness (QED) is 0.538. The molecule has 1 amide bonds. The van der Waals surface area contributed by atoms with E-state index in [2.05, 4.69) is 37.0 Å². The smallest absolute Gasteiger partial charge is 0.372 e. The van der Waals surface area contributed by atoms with E-state index in [1.165, 1.54) is 0 Å². The Balaban J connectivity index is 1.60. The highest BCUT2D eigenvalue weighted by Gasteiger charge is 2.37. The molecule has 2 aromatic heterocycles. The number of aromatic nitrogens is 3. The van der Waals surface area contributed by atoms with Gasteiger partial charge in [0.2, 0.25) is 0 Å². The second-order valence-corrected chi connectivity index (χ2v) is 8.28. The molecule has 1 aromatic carbocycles. The zero-order chi connectivity index (χ0) is 21.8. The van der Waals surface area contributed by atoms with Crippen LogP contribution in [0.5, 0.6) is 0 Å². The molecule has 31 heavy (non-hydrogen) atoms. The van der Waals surface area contributed by atoms with Crippen LogP contribution in [0.4, 0.5) is 13.2 Å². The molecule has 160 valence electrons. The molecule has 3 aromatic rings. The van der Waals surface area contributed by atoms with Crippen molar-refractivity contribution in [2.24, 2.45) is 0 Å². The van der Waals surface area contributed by atoms with Crippen LogP contribution in [0.2, 0.25) is 0 Å². The normalized spacial score (nSPS) is 16.6. The van der Waals surface area contributed by atoms with Gasteiger partial charge in [0, 0.05) is 30.9 Å². The number of amides is 1. The molecule has 0 radical (unpaired) electrons. The summed E-state index contributed by atoms with van der Waals surface area (Å²) in [6.45, 7) is 2.56. The minimum Gasteiger partial charge on any atom is -0.372 e. The number of benzene rings is 1. The van der Waals surface area contributed by atoms with E-state index in [1.54, 1.807) is 35.2 Å². The largest absolute Gasteiger partial charge is 0.433 e. The fourth-order valence-electron chi connectivity index (χ4n) is 4.01. The van der Waals surface area contributed by atoms with E-state index >= 15 is 0 Å². The molecule has 0 atom stereocenters. The lowest BCUT2D eigenvalue weighted by Crippen LogP contribution is -2.46. The maximum absolute atomic E-state index is 13.8. The third kappa shape index (κ3) is 3.48. The molecular formula is C21H17BrF3N5O. The molecule has 0 unspecified atom stereocenters. The molecule has 0 bridgehead atoms. The Morgan fingerprint density at radius 2 is 1.87 bits per heavy atom. The summed E-state index contributed by atoms with van der Waals surface area (Å²) >= 11 is 3.30. The van der Waals surface area contributed by atoms with Crippen molar-refractivity contribution < 1.29 is 18.0 Å². The van der Waals surface area contributed by atoms with E-state index < -0.39 is 17.8 Å². The van der Waals surface area contributed by atoms with Gasteiger partial charge in [-0.3, -0.25) is 4.79 Å². The summed E-state index contributed by atoms with van der Waals surface area (Å²) in [7, 11) is 0. The SMILES string of the molecule is O=C(c1nn2c(C(F)(F)F)cc(-c3ccccc3)nc2c1Br)N1CCN2CCC=C2C1. The fourth-order valence-corrected chi connectivity index (χ4v) is 4.51. The first kappa shape index (κ1) is 20.0. The van der Waals surface area contributed by atoms with Gasteiger partial charge in [0.15, 0.2) is 17.0 Å². The molecule has 2 aliphatic rings. The van der Waals surface area contributed by atoms with Crippen molar-refractivity contribution in [3.8, 4) is 11.3 Å². The summed E-state index contributed by atoms with van der Waals surface area (Å²) in [5.74, 6) is -0.417. The lowest BCUT2D eigenvalue weighted by Gasteiger charge is -2.35. The molecule has 10 heteroatoms. The fraction of sp³-hybridized carbons (Fsp3) is 0.286. The molecule has 4 heterocycles. The average Bonchev–Trinajstić information content (AvgIpc) is 3.36. The van der Waals surface area contributed by atoms with E-state index in [1.807, 2.05) is 0 Å². The highest BCUT2D eigenvalue weighted by molar-refractivity contribution is 9.10. The Bertz CT molecular complexity index is 1210. The van der Waals surface area contributed by atoms with Gasteiger partial charge in [-0.25, -0.2) is 9.50 Å². The predicted octanol–water partition coefficient (Wildman–Crippen LogP) is 4.22. The van der Waals surface area contributed by atoms with Crippen LogP contribution in [-0.4, -0.2) is 56.5 Å². The minimum absolute atomic E-state index is 0.0456. The van der Waals surface area contributed by atoms with E-state index in [4.69, 9.17) is 0 Å². The van der Waals surface area contributed by atoms with Crippen molar-refractivity contribution in [1.82, 2.24) is 24.4 Å². The molecule has 1 saturated heterocycles. The topological polar surface area (TPSA) is 53.7 Å². The van der Waals surface area contributed by atoms with Crippen LogP contribution in [-0.2, 0) is 6.18 Å². The first-order chi connectivity index (χ1) is 14.8.